The molecule has 0 saturated heterocycles. The molecule has 5 fully saturated rings. The van der Waals surface area contributed by atoms with Gasteiger partial charge in [0.25, 0.3) is 0 Å². The average molecular weight is 1270 g/mol. The quantitative estimate of drug-likeness (QED) is 0.152. The second kappa shape index (κ2) is 21.8. The molecule has 0 aliphatic heterocycles. The fourth-order valence-corrected chi connectivity index (χ4v) is 21.3. The van der Waals surface area contributed by atoms with Crippen molar-refractivity contribution in [3.63, 3.8) is 0 Å². The number of carbonyl (C=O) groups is 2. The van der Waals surface area contributed by atoms with Gasteiger partial charge in [-0.05, 0) is 180 Å². The summed E-state index contributed by atoms with van der Waals surface area (Å²) in [7, 11) is 0. The van der Waals surface area contributed by atoms with Crippen molar-refractivity contribution in [2.24, 2.45) is 47.3 Å². The van der Waals surface area contributed by atoms with E-state index in [1.807, 2.05) is 0 Å². The number of benzene rings is 12. The normalized spacial score (nSPS) is 24.5. The molecule has 0 amide bonds. The molecule has 12 atom stereocenters. The lowest BCUT2D eigenvalue weighted by atomic mass is 9.63. The summed E-state index contributed by atoms with van der Waals surface area (Å²) >= 11 is 0. The Morgan fingerprint density at radius 3 is 0.959 bits per heavy atom. The number of Topliss-reactive ketones (excluding diaryl/α,β-unsaturated/α-hetero) is 2. The van der Waals surface area contributed by atoms with Crippen LogP contribution in [-0.4, -0.2) is 29.8 Å². The molecule has 4 aromatic heterocycles. The molecule has 5 saturated carbocycles. The standard InChI is InChI=1S/C92H72N4O2/c97-91-77-53-69-74-49-63(93-79-33-17-13-29-65(79)66-30-14-18-34-80(66)93)52-88(95-81-35-19-15-31-67(81)68-32-16-20-36-82(68)95)90(74)92(98)76(69)54-75(77)89-78(91)50-64(94-83-41-37-59(55-21-5-1-6-22-55)45-70(83)71-46-60(38-42-84(71)94)56-23-7-2-8-24-56)51-87(89)96-85-43-39-61(57-25-9-3-10-26-57)47-72(85)73-48-62(40-44-86(73)96)58-27-11-4-12-28-58/h1-48,63-64,69,74-78,87-90H,49-54H2. The van der Waals surface area contributed by atoms with Crippen molar-refractivity contribution in [2.45, 2.75) is 62.7 Å². The Bertz CT molecular complexity index is 5620. The molecule has 6 heteroatoms. The van der Waals surface area contributed by atoms with Gasteiger partial charge in [0.1, 0.15) is 11.6 Å². The van der Waals surface area contributed by atoms with E-state index >= 15 is 9.59 Å². The molecule has 12 aromatic carbocycles. The van der Waals surface area contributed by atoms with Gasteiger partial charge < -0.3 is 18.3 Å². The maximum absolute atomic E-state index is 16.9. The summed E-state index contributed by atoms with van der Waals surface area (Å²) in [5, 5.41) is 9.94. The summed E-state index contributed by atoms with van der Waals surface area (Å²) in [6.07, 6.45) is 4.84. The molecule has 5 aliphatic carbocycles. The highest BCUT2D eigenvalue weighted by atomic mass is 16.1. The highest BCUT2D eigenvalue weighted by Crippen LogP contribution is 2.66. The van der Waals surface area contributed by atoms with Crippen LogP contribution in [0.4, 0.5) is 0 Å². The third-order valence-electron chi connectivity index (χ3n) is 25.1. The van der Waals surface area contributed by atoms with Crippen molar-refractivity contribution in [3.05, 3.63) is 291 Å². The lowest BCUT2D eigenvalue weighted by Crippen LogP contribution is -2.39. The maximum Gasteiger partial charge on any atom is 0.141 e. The van der Waals surface area contributed by atoms with Crippen LogP contribution in [0.25, 0.3) is 132 Å². The lowest BCUT2D eigenvalue weighted by Gasteiger charge is -2.45. The van der Waals surface area contributed by atoms with E-state index < -0.39 is 0 Å². The molecule has 0 spiro atoms. The van der Waals surface area contributed by atoms with E-state index in [2.05, 4.69) is 309 Å². The number of para-hydroxylation sites is 4. The van der Waals surface area contributed by atoms with Gasteiger partial charge in [0, 0.05) is 135 Å². The van der Waals surface area contributed by atoms with Gasteiger partial charge >= 0.3 is 0 Å². The third kappa shape index (κ3) is 8.33. The van der Waals surface area contributed by atoms with Gasteiger partial charge in [0.05, 0.1) is 0 Å². The molecule has 0 bridgehead atoms. The fourth-order valence-electron chi connectivity index (χ4n) is 21.3. The van der Waals surface area contributed by atoms with Crippen LogP contribution >= 0.6 is 0 Å². The number of nitrogens with zero attached hydrogens (tertiary/aromatic N) is 4. The topological polar surface area (TPSA) is 53.9 Å². The first-order valence-corrected chi connectivity index (χ1v) is 35.9. The Labute approximate surface area is 569 Å². The van der Waals surface area contributed by atoms with Crippen LogP contribution in [0.15, 0.2) is 291 Å². The summed E-state index contributed by atoms with van der Waals surface area (Å²) < 4.78 is 10.7. The van der Waals surface area contributed by atoms with E-state index in [1.54, 1.807) is 0 Å². The Morgan fingerprint density at radius 2 is 0.541 bits per heavy atom. The van der Waals surface area contributed by atoms with Gasteiger partial charge in [0.2, 0.25) is 0 Å². The second-order valence-corrected chi connectivity index (χ2v) is 29.5. The van der Waals surface area contributed by atoms with E-state index in [0.29, 0.717) is 11.6 Å². The molecule has 12 unspecified atom stereocenters. The molecule has 16 aromatic rings. The molecule has 472 valence electrons. The summed E-state index contributed by atoms with van der Waals surface area (Å²) in [5.41, 5.74) is 19.3. The number of hydrogen-bond donors (Lipinski definition) is 0. The van der Waals surface area contributed by atoms with Crippen molar-refractivity contribution in [1.29, 1.82) is 0 Å². The first kappa shape index (κ1) is 56.4. The number of ketones is 2. The molecular formula is C92H72N4O2. The van der Waals surface area contributed by atoms with E-state index in [4.69, 9.17) is 0 Å². The van der Waals surface area contributed by atoms with Crippen LogP contribution in [-0.2, 0) is 9.59 Å². The predicted octanol–water partition coefficient (Wildman–Crippen LogP) is 22.5. The Hall–Kier alpha value is -10.8. The highest BCUT2D eigenvalue weighted by molar-refractivity contribution is 6.13. The molecule has 5 aliphatic rings. The van der Waals surface area contributed by atoms with E-state index in [0.717, 1.165) is 38.5 Å². The number of fused-ring (bicyclic) bond motifs is 18. The van der Waals surface area contributed by atoms with E-state index in [-0.39, 0.29) is 71.5 Å². The minimum absolute atomic E-state index is 0.0157. The first-order valence-electron chi connectivity index (χ1n) is 35.9. The van der Waals surface area contributed by atoms with Crippen LogP contribution in [0.2, 0.25) is 0 Å². The van der Waals surface area contributed by atoms with Gasteiger partial charge in [-0.1, -0.05) is 218 Å². The third-order valence-corrected chi connectivity index (χ3v) is 25.1. The van der Waals surface area contributed by atoms with Crippen molar-refractivity contribution < 1.29 is 9.59 Å². The van der Waals surface area contributed by atoms with Crippen LogP contribution in [0.5, 0.6) is 0 Å². The molecule has 0 N–H and O–H groups in total. The number of hydrogen-bond acceptors (Lipinski definition) is 2. The van der Waals surface area contributed by atoms with Gasteiger partial charge in [-0.3, -0.25) is 9.59 Å². The zero-order valence-electron chi connectivity index (χ0n) is 54.5. The van der Waals surface area contributed by atoms with E-state index in [9.17, 15) is 0 Å². The largest absolute Gasteiger partial charge is 0.337 e. The zero-order chi connectivity index (χ0) is 64.4. The summed E-state index contributed by atoms with van der Waals surface area (Å²) in [6.45, 7) is 0. The maximum atomic E-state index is 16.9. The Morgan fingerprint density at radius 1 is 0.224 bits per heavy atom. The van der Waals surface area contributed by atoms with Gasteiger partial charge in [-0.2, -0.15) is 0 Å². The molecular weight excluding hydrogens is 1190 g/mol. The molecule has 4 heterocycles. The second-order valence-electron chi connectivity index (χ2n) is 29.5. The van der Waals surface area contributed by atoms with Crippen molar-refractivity contribution in [3.8, 4) is 44.5 Å². The van der Waals surface area contributed by atoms with Crippen LogP contribution < -0.4 is 0 Å². The Balaban J connectivity index is 0.748. The lowest BCUT2D eigenvalue weighted by molar-refractivity contribution is -0.130. The monoisotopic (exact) mass is 1260 g/mol. The highest BCUT2D eigenvalue weighted by Gasteiger charge is 2.65. The minimum Gasteiger partial charge on any atom is -0.337 e. The molecule has 6 nitrogen and oxygen atoms in total. The summed E-state index contributed by atoms with van der Waals surface area (Å²) in [6, 6.07) is 108. The minimum atomic E-state index is -0.208. The van der Waals surface area contributed by atoms with E-state index in [1.165, 1.54) is 132 Å². The van der Waals surface area contributed by atoms with Gasteiger partial charge in [-0.25, -0.2) is 0 Å². The van der Waals surface area contributed by atoms with Crippen LogP contribution in [0, 0.1) is 47.3 Å². The number of aromatic nitrogens is 4. The molecule has 98 heavy (non-hydrogen) atoms. The summed E-state index contributed by atoms with van der Waals surface area (Å²) in [4.78, 5) is 33.6. The van der Waals surface area contributed by atoms with Crippen molar-refractivity contribution in [1.82, 2.24) is 18.3 Å². The van der Waals surface area contributed by atoms with Crippen molar-refractivity contribution >= 4 is 98.8 Å². The number of rotatable bonds is 8. The molecule has 0 radical (unpaired) electrons. The van der Waals surface area contributed by atoms with Crippen molar-refractivity contribution in [2.75, 3.05) is 0 Å². The predicted molar refractivity (Wildman–Crippen MR) is 401 cm³/mol. The van der Waals surface area contributed by atoms with Crippen LogP contribution in [0.1, 0.15) is 62.7 Å². The van der Waals surface area contributed by atoms with Gasteiger partial charge in [0.15, 0.2) is 0 Å². The average Bonchev–Trinajstić information content (AvgIpc) is 1.54. The number of carbonyl (C=O) groups excluding carboxylic acids is 2. The zero-order valence-corrected chi connectivity index (χ0v) is 54.5. The first-order chi connectivity index (χ1) is 48.5. The SMILES string of the molecule is O=C1C2CC3C(CC2C2C1CC(n1c4ccc(-c5ccccc5)cc4c4cc(-c5ccccc5)ccc41)CC2n1c2ccc(-c4ccccc4)cc2c2cc(-c4ccccc4)ccc21)C(=O)C1C3CC(n2c3ccccc3c3ccccc32)CC1n1c2ccccc2c2ccccc21. The molecule has 21 rings (SSSR count). The fraction of sp³-hybridized carbons (Fsp3) is 0.196. The smallest absolute Gasteiger partial charge is 0.141 e. The Kier molecular flexibility index (Phi) is 12.6. The van der Waals surface area contributed by atoms with Crippen LogP contribution in [0.3, 0.4) is 0 Å². The summed E-state index contributed by atoms with van der Waals surface area (Å²) in [5.74, 6) is 0.460. The van der Waals surface area contributed by atoms with Gasteiger partial charge in [-0.15, -0.1) is 0 Å².